The van der Waals surface area contributed by atoms with Gasteiger partial charge in [0.25, 0.3) is 17.4 Å². The Labute approximate surface area is 205 Å². The van der Waals surface area contributed by atoms with Gasteiger partial charge < -0.3 is 20.7 Å². The number of pyridine rings is 1. The number of amides is 2. The first-order valence-corrected chi connectivity index (χ1v) is 10.8. The standard InChI is InChI=1S/C26H21N5O5/c1-36-26(35)21(30-24(33)18-11-6-3-7-12-18)16-27-19-13-8-14-31-22(19)28-15-20(25(31)34)29-23(32)17-9-4-2-5-10-17/h2-16,27H,1H3,(H,29,32)(H,30,33)/b21-16+. The number of ether oxygens (including phenoxy) is 1. The van der Waals surface area contributed by atoms with Gasteiger partial charge in [-0.3, -0.25) is 18.8 Å². The van der Waals surface area contributed by atoms with Gasteiger partial charge in [0.1, 0.15) is 11.4 Å². The van der Waals surface area contributed by atoms with Crippen LogP contribution in [0.1, 0.15) is 20.7 Å². The van der Waals surface area contributed by atoms with E-state index in [1.165, 1.54) is 30.1 Å². The monoisotopic (exact) mass is 483 g/mol. The largest absolute Gasteiger partial charge is 0.464 e. The number of anilines is 2. The molecule has 0 atom stereocenters. The third-order valence-corrected chi connectivity index (χ3v) is 5.08. The van der Waals surface area contributed by atoms with E-state index in [0.29, 0.717) is 16.8 Å². The van der Waals surface area contributed by atoms with Gasteiger partial charge in [0.05, 0.1) is 19.0 Å². The second-order valence-electron chi connectivity index (χ2n) is 7.43. The molecule has 2 aromatic carbocycles. The highest BCUT2D eigenvalue weighted by Crippen LogP contribution is 2.15. The number of rotatable bonds is 7. The summed E-state index contributed by atoms with van der Waals surface area (Å²) in [6.45, 7) is 0. The maximum atomic E-state index is 13.0. The fourth-order valence-corrected chi connectivity index (χ4v) is 3.28. The quantitative estimate of drug-likeness (QED) is 0.272. The number of carbonyl (C=O) groups excluding carboxylic acids is 3. The molecule has 4 rings (SSSR count). The average Bonchev–Trinajstić information content (AvgIpc) is 2.93. The topological polar surface area (TPSA) is 131 Å². The lowest BCUT2D eigenvalue weighted by Gasteiger charge is -2.11. The smallest absolute Gasteiger partial charge is 0.356 e. The highest BCUT2D eigenvalue weighted by atomic mass is 16.5. The summed E-state index contributed by atoms with van der Waals surface area (Å²) in [5, 5.41) is 7.97. The summed E-state index contributed by atoms with van der Waals surface area (Å²) in [7, 11) is 1.19. The molecule has 2 amide bonds. The van der Waals surface area contributed by atoms with Gasteiger partial charge in [0, 0.05) is 23.5 Å². The van der Waals surface area contributed by atoms with E-state index >= 15 is 0 Å². The molecule has 10 nitrogen and oxygen atoms in total. The van der Waals surface area contributed by atoms with Gasteiger partial charge in [-0.25, -0.2) is 9.78 Å². The number of nitrogens with zero attached hydrogens (tertiary/aromatic N) is 2. The molecule has 2 heterocycles. The van der Waals surface area contributed by atoms with Crippen molar-refractivity contribution in [1.29, 1.82) is 0 Å². The molecule has 0 aliphatic rings. The fraction of sp³-hybridized carbons (Fsp3) is 0.0385. The second-order valence-corrected chi connectivity index (χ2v) is 7.43. The van der Waals surface area contributed by atoms with E-state index in [4.69, 9.17) is 4.74 Å². The molecule has 0 aliphatic heterocycles. The summed E-state index contributed by atoms with van der Waals surface area (Å²) in [4.78, 5) is 54.4. The van der Waals surface area contributed by atoms with Crippen molar-refractivity contribution in [3.8, 4) is 0 Å². The number of hydrogen-bond donors (Lipinski definition) is 3. The number of hydrogen-bond acceptors (Lipinski definition) is 7. The van der Waals surface area contributed by atoms with Gasteiger partial charge in [-0.05, 0) is 36.4 Å². The van der Waals surface area contributed by atoms with Gasteiger partial charge in [0.15, 0.2) is 5.65 Å². The fourth-order valence-electron chi connectivity index (χ4n) is 3.28. The SMILES string of the molecule is COC(=O)/C(=C\Nc1cccn2c(=O)c(NC(=O)c3ccccc3)cnc12)NC(=O)c1ccccc1. The van der Waals surface area contributed by atoms with Gasteiger partial charge in [-0.2, -0.15) is 0 Å². The van der Waals surface area contributed by atoms with Crippen LogP contribution in [0.4, 0.5) is 11.4 Å². The molecular weight excluding hydrogens is 462 g/mol. The lowest BCUT2D eigenvalue weighted by Crippen LogP contribution is -2.29. The Morgan fingerprint density at radius 3 is 2.14 bits per heavy atom. The van der Waals surface area contributed by atoms with E-state index in [-0.39, 0.29) is 17.0 Å². The first-order chi connectivity index (χ1) is 17.5. The van der Waals surface area contributed by atoms with Crippen LogP contribution >= 0.6 is 0 Å². The lowest BCUT2D eigenvalue weighted by atomic mass is 10.2. The zero-order chi connectivity index (χ0) is 25.5. The molecular formula is C26H21N5O5. The summed E-state index contributed by atoms with van der Waals surface area (Å²) >= 11 is 0. The van der Waals surface area contributed by atoms with Crippen LogP contribution in [0.25, 0.3) is 5.65 Å². The van der Waals surface area contributed by atoms with Crippen molar-refractivity contribution in [2.75, 3.05) is 17.7 Å². The zero-order valence-electron chi connectivity index (χ0n) is 19.1. The third kappa shape index (κ3) is 5.28. The summed E-state index contributed by atoms with van der Waals surface area (Å²) in [5.41, 5.74) is 0.705. The molecule has 0 unspecified atom stereocenters. The molecule has 0 saturated carbocycles. The lowest BCUT2D eigenvalue weighted by molar-refractivity contribution is -0.136. The number of methoxy groups -OCH3 is 1. The predicted octanol–water partition coefficient (Wildman–Crippen LogP) is 2.80. The number of benzene rings is 2. The highest BCUT2D eigenvalue weighted by molar-refractivity contribution is 6.04. The van der Waals surface area contributed by atoms with E-state index in [1.807, 2.05) is 0 Å². The van der Waals surface area contributed by atoms with Gasteiger partial charge in [0.2, 0.25) is 0 Å². The first kappa shape index (κ1) is 23.9. The van der Waals surface area contributed by atoms with Crippen LogP contribution < -0.4 is 21.5 Å². The minimum absolute atomic E-state index is 0.000538. The Kier molecular flexibility index (Phi) is 7.16. The van der Waals surface area contributed by atoms with Crippen LogP contribution in [0.2, 0.25) is 0 Å². The number of fused-ring (bicyclic) bond motifs is 1. The van der Waals surface area contributed by atoms with Crippen molar-refractivity contribution in [3.63, 3.8) is 0 Å². The van der Waals surface area contributed by atoms with Crippen LogP contribution in [0.15, 0.2) is 102 Å². The van der Waals surface area contributed by atoms with Crippen molar-refractivity contribution >= 4 is 34.8 Å². The van der Waals surface area contributed by atoms with E-state index in [9.17, 15) is 19.2 Å². The number of esters is 1. The summed E-state index contributed by atoms with van der Waals surface area (Å²) in [5.74, 6) is -1.72. The van der Waals surface area contributed by atoms with Crippen LogP contribution in [0.5, 0.6) is 0 Å². The minimum atomic E-state index is -0.775. The van der Waals surface area contributed by atoms with E-state index in [2.05, 4.69) is 20.9 Å². The third-order valence-electron chi connectivity index (χ3n) is 5.08. The Morgan fingerprint density at radius 2 is 1.50 bits per heavy atom. The first-order valence-electron chi connectivity index (χ1n) is 10.8. The van der Waals surface area contributed by atoms with Gasteiger partial charge in [-0.15, -0.1) is 0 Å². The molecule has 36 heavy (non-hydrogen) atoms. The molecule has 0 spiro atoms. The van der Waals surface area contributed by atoms with Gasteiger partial charge >= 0.3 is 5.97 Å². The highest BCUT2D eigenvalue weighted by Gasteiger charge is 2.16. The Balaban J connectivity index is 1.60. The van der Waals surface area contributed by atoms with Crippen molar-refractivity contribution < 1.29 is 19.1 Å². The molecule has 0 aliphatic carbocycles. The van der Waals surface area contributed by atoms with Crippen molar-refractivity contribution in [1.82, 2.24) is 14.7 Å². The number of nitrogens with one attached hydrogen (secondary N) is 3. The molecule has 0 saturated heterocycles. The Hall–Kier alpha value is -5.25. The van der Waals surface area contributed by atoms with E-state index in [1.54, 1.807) is 72.8 Å². The summed E-state index contributed by atoms with van der Waals surface area (Å²) < 4.78 is 6.01. The number of carbonyl (C=O) groups is 3. The second kappa shape index (κ2) is 10.8. The summed E-state index contributed by atoms with van der Waals surface area (Å²) in [6.07, 6.45) is 4.00. The molecule has 0 fully saturated rings. The van der Waals surface area contributed by atoms with Crippen molar-refractivity contribution in [2.24, 2.45) is 0 Å². The van der Waals surface area contributed by atoms with Crippen LogP contribution in [0, 0.1) is 0 Å². The minimum Gasteiger partial charge on any atom is -0.464 e. The molecule has 0 radical (unpaired) electrons. The predicted molar refractivity (Wildman–Crippen MR) is 133 cm³/mol. The zero-order valence-corrected chi connectivity index (χ0v) is 19.1. The average molecular weight is 483 g/mol. The van der Waals surface area contributed by atoms with Crippen LogP contribution in [-0.2, 0) is 9.53 Å². The normalized spacial score (nSPS) is 11.0. The van der Waals surface area contributed by atoms with Crippen molar-refractivity contribution in [3.05, 3.63) is 119 Å². The molecule has 10 heteroatoms. The maximum absolute atomic E-state index is 13.0. The Bertz CT molecular complexity index is 1510. The Morgan fingerprint density at radius 1 is 0.861 bits per heavy atom. The molecule has 3 N–H and O–H groups in total. The van der Waals surface area contributed by atoms with Crippen molar-refractivity contribution in [2.45, 2.75) is 0 Å². The van der Waals surface area contributed by atoms with Gasteiger partial charge in [-0.1, -0.05) is 36.4 Å². The maximum Gasteiger partial charge on any atom is 0.356 e. The number of aromatic nitrogens is 2. The molecule has 4 aromatic rings. The molecule has 2 aromatic heterocycles. The van der Waals surface area contributed by atoms with Crippen LogP contribution in [-0.4, -0.2) is 34.3 Å². The summed E-state index contributed by atoms with van der Waals surface area (Å²) in [6, 6.07) is 20.1. The van der Waals surface area contributed by atoms with Crippen LogP contribution in [0.3, 0.4) is 0 Å². The molecule has 0 bridgehead atoms. The van der Waals surface area contributed by atoms with E-state index < -0.39 is 23.3 Å². The molecule has 180 valence electrons. The van der Waals surface area contributed by atoms with E-state index in [0.717, 1.165) is 0 Å².